The summed E-state index contributed by atoms with van der Waals surface area (Å²) in [6, 6.07) is 6.67. The van der Waals surface area contributed by atoms with Crippen molar-refractivity contribution in [1.29, 1.82) is 0 Å². The number of carboxylic acid groups (broad SMARTS) is 1. The van der Waals surface area contributed by atoms with Crippen LogP contribution in [-0.2, 0) is 0 Å². The number of benzene rings is 1. The van der Waals surface area contributed by atoms with Crippen LogP contribution < -0.4 is 27.3 Å². The zero-order valence-corrected chi connectivity index (χ0v) is 14.9. The van der Waals surface area contributed by atoms with E-state index >= 15 is 0 Å². The molecule has 3 rings (SSSR count). The molecule has 0 unspecified atom stereocenters. The first kappa shape index (κ1) is 18.9. The van der Waals surface area contributed by atoms with Gasteiger partial charge in [-0.2, -0.15) is 0 Å². The molecule has 2 heterocycles. The highest BCUT2D eigenvalue weighted by atomic mass is 16.5. The van der Waals surface area contributed by atoms with Gasteiger partial charge in [0, 0.05) is 18.0 Å². The number of aromatic carboxylic acids is 1. The van der Waals surface area contributed by atoms with Crippen molar-refractivity contribution in [2.24, 2.45) is 5.84 Å². The second-order valence-corrected chi connectivity index (χ2v) is 5.73. The molecule has 10 heteroatoms. The van der Waals surface area contributed by atoms with Gasteiger partial charge in [-0.1, -0.05) is 6.07 Å². The number of hydrogen-bond donors (Lipinski definition) is 5. The number of ether oxygens (including phenoxy) is 1. The number of hydrogen-bond acceptors (Lipinski definition) is 8. The summed E-state index contributed by atoms with van der Waals surface area (Å²) in [4.78, 5) is 34.0. The van der Waals surface area contributed by atoms with Gasteiger partial charge in [0.05, 0.1) is 17.7 Å². The second-order valence-electron chi connectivity index (χ2n) is 5.73. The number of nitrogens with zero attached hydrogens (tertiary/aromatic N) is 2. The van der Waals surface area contributed by atoms with E-state index in [2.05, 4.69) is 20.4 Å². The van der Waals surface area contributed by atoms with Gasteiger partial charge >= 0.3 is 5.97 Å². The molecule has 0 radical (unpaired) electrons. The molecule has 1 aromatic carbocycles. The molecule has 2 aromatic heterocycles. The van der Waals surface area contributed by atoms with E-state index in [1.54, 1.807) is 24.4 Å². The largest absolute Gasteiger partial charge is 0.493 e. The molecule has 28 heavy (non-hydrogen) atoms. The number of rotatable bonds is 6. The van der Waals surface area contributed by atoms with Crippen LogP contribution in [0, 0.1) is 0 Å². The first-order valence-corrected chi connectivity index (χ1v) is 8.27. The molecule has 0 fully saturated rings. The summed E-state index contributed by atoms with van der Waals surface area (Å²) >= 11 is 0. The van der Waals surface area contributed by atoms with Crippen LogP contribution in [0.25, 0.3) is 22.5 Å². The number of H-pyrrole nitrogens is 1. The van der Waals surface area contributed by atoms with Gasteiger partial charge in [0.25, 0.3) is 5.56 Å². The summed E-state index contributed by atoms with van der Waals surface area (Å²) in [5.74, 6) is 5.01. The maximum Gasteiger partial charge on any atom is 0.337 e. The highest BCUT2D eigenvalue weighted by Crippen LogP contribution is 2.33. The maximum absolute atomic E-state index is 12.0. The summed E-state index contributed by atoms with van der Waals surface area (Å²) in [6.45, 7) is 2.18. The van der Waals surface area contributed by atoms with Crippen LogP contribution in [0.2, 0.25) is 0 Å². The van der Waals surface area contributed by atoms with Crippen molar-refractivity contribution < 1.29 is 14.6 Å². The SMILES string of the molecule is CCOc1cc(-c2cncc(C(=O)O)c2)ccc1-c1nc(NN)c(N)c(=O)[nH]1. The fraction of sp³-hybridized carbons (Fsp3) is 0.111. The van der Waals surface area contributed by atoms with Gasteiger partial charge in [-0.05, 0) is 30.7 Å². The molecule has 0 aliphatic rings. The van der Waals surface area contributed by atoms with E-state index in [0.717, 1.165) is 0 Å². The Labute approximate surface area is 159 Å². The Balaban J connectivity index is 2.13. The minimum Gasteiger partial charge on any atom is -0.493 e. The Morgan fingerprint density at radius 3 is 2.75 bits per heavy atom. The number of carboxylic acids is 1. The highest BCUT2D eigenvalue weighted by Gasteiger charge is 2.15. The van der Waals surface area contributed by atoms with Crippen LogP contribution in [0.1, 0.15) is 17.3 Å². The van der Waals surface area contributed by atoms with E-state index in [1.807, 2.05) is 6.92 Å². The van der Waals surface area contributed by atoms with Crippen LogP contribution in [0.5, 0.6) is 5.75 Å². The lowest BCUT2D eigenvalue weighted by Crippen LogP contribution is -2.20. The summed E-state index contributed by atoms with van der Waals surface area (Å²) < 4.78 is 5.69. The molecule has 7 N–H and O–H groups in total. The number of nitrogens with one attached hydrogen (secondary N) is 2. The summed E-state index contributed by atoms with van der Waals surface area (Å²) in [6.07, 6.45) is 2.82. The lowest BCUT2D eigenvalue weighted by molar-refractivity contribution is 0.0696. The fourth-order valence-corrected chi connectivity index (χ4v) is 2.61. The molecular formula is C18H18N6O4. The zero-order chi connectivity index (χ0) is 20.3. The standard InChI is InChI=1S/C18H18N6O4/c1-2-28-13-6-9(10-5-11(18(26)27)8-21-7-10)3-4-12(13)15-22-16(24-20)14(19)17(25)23-15/h3-8H,2,19-20H2,1H3,(H,26,27)(H2,22,23,24,25). The van der Waals surface area contributed by atoms with Crippen molar-refractivity contribution in [1.82, 2.24) is 15.0 Å². The molecule has 0 atom stereocenters. The molecule has 144 valence electrons. The number of nitrogen functional groups attached to an aromatic ring is 2. The molecular weight excluding hydrogens is 364 g/mol. The Hall–Kier alpha value is -3.92. The average Bonchev–Trinajstić information content (AvgIpc) is 2.70. The van der Waals surface area contributed by atoms with E-state index in [4.69, 9.17) is 21.4 Å². The zero-order valence-electron chi connectivity index (χ0n) is 14.9. The van der Waals surface area contributed by atoms with Crippen LogP contribution in [0.3, 0.4) is 0 Å². The second kappa shape index (κ2) is 7.76. The predicted molar refractivity (Wildman–Crippen MR) is 104 cm³/mol. The van der Waals surface area contributed by atoms with Crippen LogP contribution in [0.15, 0.2) is 41.5 Å². The Morgan fingerprint density at radius 1 is 1.29 bits per heavy atom. The van der Waals surface area contributed by atoms with Gasteiger partial charge < -0.3 is 26.0 Å². The fourth-order valence-electron chi connectivity index (χ4n) is 2.61. The number of aromatic nitrogens is 3. The van der Waals surface area contributed by atoms with E-state index in [0.29, 0.717) is 29.0 Å². The molecule has 0 saturated carbocycles. The molecule has 0 aliphatic carbocycles. The number of hydrazine groups is 1. The third kappa shape index (κ3) is 3.62. The van der Waals surface area contributed by atoms with Gasteiger partial charge in [-0.3, -0.25) is 9.78 Å². The third-order valence-electron chi connectivity index (χ3n) is 3.95. The molecule has 0 bridgehead atoms. The minimum absolute atomic E-state index is 0.0450. The predicted octanol–water partition coefficient (Wildman–Crippen LogP) is 1.46. The van der Waals surface area contributed by atoms with Gasteiger partial charge in [0.15, 0.2) is 5.82 Å². The number of aromatic amines is 1. The van der Waals surface area contributed by atoms with Crippen molar-refractivity contribution in [2.45, 2.75) is 6.92 Å². The Morgan fingerprint density at radius 2 is 2.07 bits per heavy atom. The molecule has 0 spiro atoms. The number of anilines is 2. The van der Waals surface area contributed by atoms with Gasteiger partial charge in [-0.25, -0.2) is 15.6 Å². The van der Waals surface area contributed by atoms with E-state index in [1.165, 1.54) is 12.3 Å². The number of pyridine rings is 1. The van der Waals surface area contributed by atoms with Crippen LogP contribution >= 0.6 is 0 Å². The van der Waals surface area contributed by atoms with E-state index < -0.39 is 11.5 Å². The normalized spacial score (nSPS) is 10.5. The summed E-state index contributed by atoms with van der Waals surface area (Å²) in [7, 11) is 0. The maximum atomic E-state index is 12.0. The van der Waals surface area contributed by atoms with Crippen molar-refractivity contribution in [3.05, 3.63) is 52.6 Å². The van der Waals surface area contributed by atoms with Gasteiger partial charge in [0.2, 0.25) is 0 Å². The lowest BCUT2D eigenvalue weighted by atomic mass is 10.0. The van der Waals surface area contributed by atoms with Crippen molar-refractivity contribution in [2.75, 3.05) is 17.8 Å². The molecule has 0 amide bonds. The van der Waals surface area contributed by atoms with E-state index in [9.17, 15) is 9.59 Å². The first-order valence-electron chi connectivity index (χ1n) is 8.27. The Bertz CT molecular complexity index is 1100. The summed E-state index contributed by atoms with van der Waals surface area (Å²) in [5, 5.41) is 9.15. The average molecular weight is 382 g/mol. The van der Waals surface area contributed by atoms with Crippen LogP contribution in [-0.4, -0.2) is 32.6 Å². The van der Waals surface area contributed by atoms with E-state index in [-0.39, 0.29) is 22.9 Å². The Kier molecular flexibility index (Phi) is 5.23. The summed E-state index contributed by atoms with van der Waals surface area (Å²) in [5.41, 5.74) is 9.15. The molecule has 0 aliphatic heterocycles. The quantitative estimate of drug-likeness (QED) is 0.313. The van der Waals surface area contributed by atoms with Crippen molar-refractivity contribution >= 4 is 17.5 Å². The van der Waals surface area contributed by atoms with Gasteiger partial charge in [0.1, 0.15) is 17.3 Å². The highest BCUT2D eigenvalue weighted by molar-refractivity contribution is 5.89. The molecule has 3 aromatic rings. The van der Waals surface area contributed by atoms with Gasteiger partial charge in [-0.15, -0.1) is 0 Å². The smallest absolute Gasteiger partial charge is 0.337 e. The third-order valence-corrected chi connectivity index (χ3v) is 3.95. The topological polar surface area (TPSA) is 169 Å². The van der Waals surface area contributed by atoms with Crippen LogP contribution in [0.4, 0.5) is 11.5 Å². The monoisotopic (exact) mass is 382 g/mol. The number of nitrogens with two attached hydrogens (primary N) is 2. The lowest BCUT2D eigenvalue weighted by Gasteiger charge is -2.13. The minimum atomic E-state index is -1.07. The van der Waals surface area contributed by atoms with Crippen molar-refractivity contribution in [3.8, 4) is 28.3 Å². The molecule has 10 nitrogen and oxygen atoms in total. The first-order chi connectivity index (χ1) is 13.4. The molecule has 0 saturated heterocycles. The van der Waals surface area contributed by atoms with Crippen molar-refractivity contribution in [3.63, 3.8) is 0 Å². The number of carbonyl (C=O) groups is 1.